The van der Waals surface area contributed by atoms with Crippen LogP contribution in [0.2, 0.25) is 0 Å². The van der Waals surface area contributed by atoms with Crippen LogP contribution in [0.15, 0.2) is 473 Å². The first kappa shape index (κ1) is 77.2. The maximum atomic E-state index is 2.57. The predicted molar refractivity (Wildman–Crippen MR) is 549 cm³/mol. The lowest BCUT2D eigenvalue weighted by Crippen LogP contribution is -2.17. The van der Waals surface area contributed by atoms with Gasteiger partial charge in [0, 0.05) is 77.4 Å². The molecule has 24 rings (SSSR count). The fourth-order valence-electron chi connectivity index (χ4n) is 21.8. The molecule has 0 aliphatic heterocycles. The van der Waals surface area contributed by atoms with Crippen LogP contribution in [0.25, 0.3) is 177 Å². The van der Waals surface area contributed by atoms with Crippen molar-refractivity contribution in [2.24, 2.45) is 0 Å². The van der Waals surface area contributed by atoms with Crippen molar-refractivity contribution in [3.05, 3.63) is 495 Å². The molecule has 2 heterocycles. The molecule has 2 aliphatic rings. The third-order valence-electron chi connectivity index (χ3n) is 27.7. The van der Waals surface area contributed by atoms with Crippen LogP contribution >= 0.6 is 0 Å². The van der Waals surface area contributed by atoms with E-state index in [4.69, 9.17) is 0 Å². The van der Waals surface area contributed by atoms with Gasteiger partial charge < -0.3 is 18.9 Å². The number of anilines is 6. The van der Waals surface area contributed by atoms with E-state index in [0.29, 0.717) is 0 Å². The number of benzene rings is 20. The average Bonchev–Trinajstić information content (AvgIpc) is 1.57. The maximum Gasteiger partial charge on any atom is 0.0546 e. The van der Waals surface area contributed by atoms with Crippen LogP contribution in [-0.4, -0.2) is 9.13 Å². The van der Waals surface area contributed by atoms with Gasteiger partial charge in [0.1, 0.15) is 0 Å². The summed E-state index contributed by atoms with van der Waals surface area (Å²) in [6.45, 7) is 9.61. The molecule has 0 bridgehead atoms. The molecular formula is C126H90N4. The van der Waals surface area contributed by atoms with Gasteiger partial charge in [-0.2, -0.15) is 0 Å². The highest BCUT2D eigenvalue weighted by Crippen LogP contribution is 2.59. The second-order valence-corrected chi connectivity index (χ2v) is 35.7. The second kappa shape index (κ2) is 31.3. The first-order valence-electron chi connectivity index (χ1n) is 45.3. The lowest BCUT2D eigenvalue weighted by molar-refractivity contribution is 0.660. The first-order chi connectivity index (χ1) is 64.1. The topological polar surface area (TPSA) is 16.3 Å². The summed E-state index contributed by atoms with van der Waals surface area (Å²) < 4.78 is 4.90. The number of nitrogens with zero attached hydrogens (tertiary/aromatic N) is 4. The van der Waals surface area contributed by atoms with Crippen LogP contribution in [0.3, 0.4) is 0 Å². The average molecular weight is 1660 g/mol. The third-order valence-corrected chi connectivity index (χ3v) is 27.7. The largest absolute Gasteiger partial charge is 0.309 e. The summed E-state index contributed by atoms with van der Waals surface area (Å²) in [5.41, 5.74) is 43.7. The lowest BCUT2D eigenvalue weighted by atomic mass is 9.78. The first-order valence-corrected chi connectivity index (χ1v) is 45.3. The van der Waals surface area contributed by atoms with Gasteiger partial charge in [0.25, 0.3) is 0 Å². The summed E-state index contributed by atoms with van der Waals surface area (Å²) in [4.78, 5) is 5.13. The summed E-state index contributed by atoms with van der Waals surface area (Å²) >= 11 is 0. The molecule has 2 aromatic heterocycles. The molecule has 0 saturated heterocycles. The molecule has 0 saturated carbocycles. The molecule has 0 fully saturated rings. The number of hydrogen-bond acceptors (Lipinski definition) is 2. The van der Waals surface area contributed by atoms with Gasteiger partial charge in [-0.25, -0.2) is 0 Å². The van der Waals surface area contributed by atoms with Gasteiger partial charge in [-0.05, 0) is 232 Å². The van der Waals surface area contributed by atoms with E-state index >= 15 is 0 Å². The van der Waals surface area contributed by atoms with E-state index in [-0.39, 0.29) is 5.41 Å². The van der Waals surface area contributed by atoms with Crippen LogP contribution < -0.4 is 9.80 Å². The van der Waals surface area contributed by atoms with Gasteiger partial charge in [0.15, 0.2) is 0 Å². The van der Waals surface area contributed by atoms with E-state index in [2.05, 4.69) is 520 Å². The van der Waals surface area contributed by atoms with E-state index < -0.39 is 5.41 Å². The van der Waals surface area contributed by atoms with Crippen molar-refractivity contribution >= 4 is 77.7 Å². The van der Waals surface area contributed by atoms with Crippen LogP contribution in [0.5, 0.6) is 0 Å². The monoisotopic (exact) mass is 1660 g/mol. The van der Waals surface area contributed by atoms with Gasteiger partial charge in [-0.3, -0.25) is 0 Å². The molecule has 0 N–H and O–H groups in total. The Kier molecular flexibility index (Phi) is 18.6. The zero-order valence-corrected chi connectivity index (χ0v) is 72.8. The van der Waals surface area contributed by atoms with Gasteiger partial charge in [-0.1, -0.05) is 392 Å². The summed E-state index contributed by atoms with van der Waals surface area (Å²) in [6, 6.07) is 176. The molecule has 0 atom stereocenters. The maximum absolute atomic E-state index is 2.57. The number of fused-ring (bicyclic) bond motifs is 12. The standard InChI is InChI=1S/C126H90N4/c1-125(2)111-63-29-24-53-99(111)107-80-89(71-75-112(107)125)96-52-25-30-64-114(96)129(120-68-36-59-97(85-42-14-7-15-43-85)122(120)103-57-22-20-50-94(103)83-38-10-5-11-39-83)92-73-77-119-110(81-92)102-56-28-33-67-117(102)128(119)91-49-34-46-87(78-91)88-70-74-113-108(79-88)106-62-35-61-105(124(106)126(113,3)4)100-54-26-31-65-115(100)130(93-72-76-118-109(82-93)101-55-27-32-66-116(101)127(118)90-47-18-9-19-48-90)121-69-37-60-98(86-44-16-8-17-45-86)123(121)104-58-23-21-51-95(104)84-40-12-6-13-41-84/h5-82H,1-4H3. The van der Waals surface area contributed by atoms with E-state index in [9.17, 15) is 0 Å². The molecule has 22 aromatic rings. The van der Waals surface area contributed by atoms with Crippen molar-refractivity contribution < 1.29 is 0 Å². The molecule has 2 aliphatic carbocycles. The predicted octanol–water partition coefficient (Wildman–Crippen LogP) is 34.4. The number of hydrogen-bond donors (Lipinski definition) is 0. The number of aromatic nitrogens is 2. The van der Waals surface area contributed by atoms with Crippen molar-refractivity contribution in [3.63, 3.8) is 0 Å². The van der Waals surface area contributed by atoms with Crippen molar-refractivity contribution in [1.29, 1.82) is 0 Å². The minimum Gasteiger partial charge on any atom is -0.309 e. The molecule has 0 unspecified atom stereocenters. The minimum absolute atomic E-state index is 0.138. The summed E-state index contributed by atoms with van der Waals surface area (Å²) in [6.07, 6.45) is 0. The zero-order chi connectivity index (χ0) is 86.7. The fourth-order valence-corrected chi connectivity index (χ4v) is 21.8. The van der Waals surface area contributed by atoms with Crippen molar-refractivity contribution in [2.75, 3.05) is 9.80 Å². The van der Waals surface area contributed by atoms with Crippen molar-refractivity contribution in [2.45, 2.75) is 38.5 Å². The summed E-state index contributed by atoms with van der Waals surface area (Å²) in [7, 11) is 0. The molecule has 614 valence electrons. The van der Waals surface area contributed by atoms with Crippen LogP contribution in [0.1, 0.15) is 49.9 Å². The molecule has 0 spiro atoms. The summed E-state index contributed by atoms with van der Waals surface area (Å²) in [5.74, 6) is 0. The highest BCUT2D eigenvalue weighted by atomic mass is 15.2. The van der Waals surface area contributed by atoms with E-state index in [1.807, 2.05) is 0 Å². The number of rotatable bonds is 17. The Morgan fingerprint density at radius 1 is 0.177 bits per heavy atom. The highest BCUT2D eigenvalue weighted by molar-refractivity contribution is 6.14. The van der Waals surface area contributed by atoms with Crippen LogP contribution in [-0.2, 0) is 10.8 Å². The SMILES string of the molecule is CC1(C)c2ccccc2-c2cc(-c3ccccc3N(c3ccc4c(c3)c3ccccc3n4-c3cccc(-c4ccc5c(c4)-c4cccc(-c6ccccc6N(c6ccc7c(c6)c6ccccc6n7-c6ccccc6)c6cccc(-c7ccccc7)c6-c6ccccc6-c6ccccc6)c4C5(C)C)c3)c3cccc(-c4ccccc4)c3-c3ccccc3-c3ccccc3)ccc21. The molecule has 4 nitrogen and oxygen atoms in total. The molecule has 4 heteroatoms. The van der Waals surface area contributed by atoms with E-state index in [1.165, 1.54) is 66.2 Å². The Hall–Kier alpha value is -16.4. The Morgan fingerprint density at radius 3 is 1.05 bits per heavy atom. The molecular weight excluding hydrogens is 1570 g/mol. The Labute approximate surface area is 759 Å². The van der Waals surface area contributed by atoms with E-state index in [0.717, 1.165) is 168 Å². The van der Waals surface area contributed by atoms with Gasteiger partial charge >= 0.3 is 0 Å². The highest BCUT2D eigenvalue weighted by Gasteiger charge is 2.40. The zero-order valence-electron chi connectivity index (χ0n) is 72.8. The third kappa shape index (κ3) is 12.6. The quantitative estimate of drug-likeness (QED) is 0.0903. The molecule has 130 heavy (non-hydrogen) atoms. The number of para-hydroxylation sites is 5. The fraction of sp³-hybridized carbons (Fsp3) is 0.0476. The Morgan fingerprint density at radius 2 is 0.508 bits per heavy atom. The van der Waals surface area contributed by atoms with Gasteiger partial charge in [0.05, 0.1) is 44.8 Å². The van der Waals surface area contributed by atoms with Crippen LogP contribution in [0.4, 0.5) is 34.1 Å². The minimum atomic E-state index is -0.408. The molecule has 0 amide bonds. The molecule has 20 aromatic carbocycles. The van der Waals surface area contributed by atoms with Crippen molar-refractivity contribution in [3.8, 4) is 134 Å². The summed E-state index contributed by atoms with van der Waals surface area (Å²) in [5, 5.41) is 4.69. The molecule has 0 radical (unpaired) electrons. The van der Waals surface area contributed by atoms with Gasteiger partial charge in [0.2, 0.25) is 0 Å². The Bertz CT molecular complexity index is 8220. The van der Waals surface area contributed by atoms with E-state index in [1.54, 1.807) is 0 Å². The van der Waals surface area contributed by atoms with Crippen molar-refractivity contribution in [1.82, 2.24) is 9.13 Å². The normalized spacial score (nSPS) is 12.7. The smallest absolute Gasteiger partial charge is 0.0546 e. The lowest BCUT2D eigenvalue weighted by Gasteiger charge is -2.32. The van der Waals surface area contributed by atoms with Gasteiger partial charge in [-0.15, -0.1) is 0 Å². The van der Waals surface area contributed by atoms with Crippen LogP contribution in [0, 0.1) is 0 Å². The Balaban J connectivity index is 0.654. The second-order valence-electron chi connectivity index (χ2n) is 35.7.